The number of aromatic amines is 1. The van der Waals surface area contributed by atoms with Gasteiger partial charge < -0.3 is 15.1 Å². The van der Waals surface area contributed by atoms with E-state index in [4.69, 9.17) is 0 Å². The van der Waals surface area contributed by atoms with Crippen molar-refractivity contribution >= 4 is 28.4 Å². The largest absolute Gasteiger partial charge is 0.342 e. The number of anilines is 1. The topological polar surface area (TPSA) is 111 Å². The monoisotopic (exact) mass is 432 g/mol. The molecule has 2 aliphatic heterocycles. The lowest BCUT2D eigenvalue weighted by molar-refractivity contribution is -0.132. The standard InChI is InChI=1S/C23H24N6O3/c1-2-29-20-17(8-5-11-24-20)21(31)25-23(29)9-12-28(13-10-23)19(30)14-18-15-6-3-4-7-16(15)22(32)27-26-18/h3-8,11H,2,9-10,12-14H2,1H3,(H,25,31)(H,27,32). The highest BCUT2D eigenvalue weighted by Crippen LogP contribution is 2.36. The molecular formula is C23H24N6O3. The highest BCUT2D eigenvalue weighted by Gasteiger charge is 2.46. The van der Waals surface area contributed by atoms with Crippen molar-refractivity contribution in [2.45, 2.75) is 31.8 Å². The number of pyridine rings is 1. The van der Waals surface area contributed by atoms with Crippen LogP contribution in [0.1, 0.15) is 35.8 Å². The molecule has 0 bridgehead atoms. The van der Waals surface area contributed by atoms with Gasteiger partial charge in [-0.15, -0.1) is 0 Å². The first-order valence-corrected chi connectivity index (χ1v) is 10.8. The Kier molecular flexibility index (Phi) is 4.88. The molecule has 164 valence electrons. The van der Waals surface area contributed by atoms with E-state index in [1.165, 1.54) is 0 Å². The minimum absolute atomic E-state index is 0.0479. The Morgan fingerprint density at radius 2 is 1.84 bits per heavy atom. The van der Waals surface area contributed by atoms with Gasteiger partial charge >= 0.3 is 0 Å². The van der Waals surface area contributed by atoms with Gasteiger partial charge in [0.2, 0.25) is 5.91 Å². The Hall–Kier alpha value is -3.75. The summed E-state index contributed by atoms with van der Waals surface area (Å²) in [7, 11) is 0. The van der Waals surface area contributed by atoms with Crippen LogP contribution in [0.15, 0.2) is 47.4 Å². The van der Waals surface area contributed by atoms with Crippen molar-refractivity contribution in [1.29, 1.82) is 0 Å². The number of piperidine rings is 1. The first-order valence-electron chi connectivity index (χ1n) is 10.8. The van der Waals surface area contributed by atoms with Crippen molar-refractivity contribution in [3.8, 4) is 0 Å². The lowest BCUT2D eigenvalue weighted by Crippen LogP contribution is -2.68. The smallest absolute Gasteiger partial charge is 0.272 e. The number of nitrogens with zero attached hydrogens (tertiary/aromatic N) is 4. The molecule has 1 spiro atoms. The lowest BCUT2D eigenvalue weighted by Gasteiger charge is -2.51. The van der Waals surface area contributed by atoms with E-state index in [0.29, 0.717) is 60.3 Å². The average molecular weight is 432 g/mol. The molecule has 2 aromatic heterocycles. The Morgan fingerprint density at radius 3 is 2.59 bits per heavy atom. The molecule has 2 aliphatic rings. The van der Waals surface area contributed by atoms with Gasteiger partial charge in [0, 0.05) is 44.1 Å². The second-order valence-corrected chi connectivity index (χ2v) is 8.21. The van der Waals surface area contributed by atoms with Crippen molar-refractivity contribution in [1.82, 2.24) is 25.4 Å². The van der Waals surface area contributed by atoms with Crippen molar-refractivity contribution in [3.63, 3.8) is 0 Å². The third kappa shape index (κ3) is 3.21. The Balaban J connectivity index is 1.34. The quantitative estimate of drug-likeness (QED) is 0.648. The SMILES string of the molecule is CCN1c2ncccc2C(=O)NC12CCN(C(=O)Cc1n[nH]c(=O)c3ccccc13)CC2. The molecule has 4 heterocycles. The van der Waals surface area contributed by atoms with E-state index in [0.717, 1.165) is 0 Å². The van der Waals surface area contributed by atoms with Gasteiger partial charge in [0.05, 0.1) is 23.1 Å². The van der Waals surface area contributed by atoms with E-state index in [2.05, 4.69) is 25.4 Å². The van der Waals surface area contributed by atoms with E-state index < -0.39 is 5.66 Å². The maximum absolute atomic E-state index is 13.1. The molecule has 9 nitrogen and oxygen atoms in total. The van der Waals surface area contributed by atoms with Crippen LogP contribution in [0.2, 0.25) is 0 Å². The van der Waals surface area contributed by atoms with Crippen LogP contribution >= 0.6 is 0 Å². The van der Waals surface area contributed by atoms with Crippen LogP contribution in [0, 0.1) is 0 Å². The maximum Gasteiger partial charge on any atom is 0.272 e. The number of amides is 2. The molecule has 3 aromatic rings. The first-order chi connectivity index (χ1) is 15.5. The van der Waals surface area contributed by atoms with Crippen LogP contribution in [0.4, 0.5) is 5.82 Å². The van der Waals surface area contributed by atoms with Gasteiger partial charge in [-0.1, -0.05) is 18.2 Å². The van der Waals surface area contributed by atoms with Crippen molar-refractivity contribution in [3.05, 3.63) is 64.2 Å². The maximum atomic E-state index is 13.1. The van der Waals surface area contributed by atoms with E-state index in [1.54, 1.807) is 35.4 Å². The summed E-state index contributed by atoms with van der Waals surface area (Å²) in [6.45, 7) is 3.77. The van der Waals surface area contributed by atoms with Gasteiger partial charge in [-0.2, -0.15) is 5.10 Å². The fraction of sp³-hybridized carbons (Fsp3) is 0.348. The number of benzene rings is 1. The predicted molar refractivity (Wildman–Crippen MR) is 119 cm³/mol. The number of hydrogen-bond donors (Lipinski definition) is 2. The number of fused-ring (bicyclic) bond motifs is 2. The van der Waals surface area contributed by atoms with E-state index in [1.807, 2.05) is 19.1 Å². The molecule has 1 saturated heterocycles. The van der Waals surface area contributed by atoms with E-state index >= 15 is 0 Å². The molecule has 0 radical (unpaired) electrons. The number of aromatic nitrogens is 3. The zero-order chi connectivity index (χ0) is 22.3. The van der Waals surface area contributed by atoms with Crippen LogP contribution in [0.5, 0.6) is 0 Å². The summed E-state index contributed by atoms with van der Waals surface area (Å²) >= 11 is 0. The second-order valence-electron chi connectivity index (χ2n) is 8.21. The van der Waals surface area contributed by atoms with Gasteiger partial charge in [-0.05, 0) is 25.1 Å². The van der Waals surface area contributed by atoms with Crippen LogP contribution < -0.4 is 15.8 Å². The summed E-state index contributed by atoms with van der Waals surface area (Å²) in [6.07, 6.45) is 3.02. The van der Waals surface area contributed by atoms with Gasteiger partial charge in [0.25, 0.3) is 11.5 Å². The number of nitrogens with one attached hydrogen (secondary N) is 2. The molecule has 0 atom stereocenters. The molecule has 32 heavy (non-hydrogen) atoms. The Morgan fingerprint density at radius 1 is 1.09 bits per heavy atom. The van der Waals surface area contributed by atoms with Crippen LogP contribution in [0.25, 0.3) is 10.8 Å². The van der Waals surface area contributed by atoms with Crippen LogP contribution in [-0.2, 0) is 11.2 Å². The molecule has 2 N–H and O–H groups in total. The molecule has 9 heteroatoms. The summed E-state index contributed by atoms with van der Waals surface area (Å²) < 4.78 is 0. The number of carbonyl (C=O) groups excluding carboxylic acids is 2. The third-order valence-electron chi connectivity index (χ3n) is 6.50. The minimum Gasteiger partial charge on any atom is -0.342 e. The Labute approximate surface area is 184 Å². The summed E-state index contributed by atoms with van der Waals surface area (Å²) in [6, 6.07) is 10.7. The lowest BCUT2D eigenvalue weighted by atomic mass is 9.91. The minimum atomic E-state index is -0.549. The molecule has 0 aliphatic carbocycles. The van der Waals surface area contributed by atoms with E-state index in [9.17, 15) is 14.4 Å². The summed E-state index contributed by atoms with van der Waals surface area (Å²) in [5.74, 6) is 0.525. The summed E-state index contributed by atoms with van der Waals surface area (Å²) in [4.78, 5) is 46.2. The summed E-state index contributed by atoms with van der Waals surface area (Å²) in [5.41, 5.74) is 0.324. The third-order valence-corrected chi connectivity index (χ3v) is 6.50. The van der Waals surface area contributed by atoms with Gasteiger partial charge in [0.1, 0.15) is 11.5 Å². The van der Waals surface area contributed by atoms with E-state index in [-0.39, 0.29) is 23.8 Å². The molecule has 0 saturated carbocycles. The second kappa shape index (κ2) is 7.74. The fourth-order valence-electron chi connectivity index (χ4n) is 4.87. The fourth-order valence-corrected chi connectivity index (χ4v) is 4.87. The normalized spacial score (nSPS) is 17.3. The van der Waals surface area contributed by atoms with Gasteiger partial charge in [-0.3, -0.25) is 14.4 Å². The molecule has 2 amide bonds. The Bertz CT molecular complexity index is 1260. The molecule has 1 fully saturated rings. The molecule has 1 aromatic carbocycles. The highest BCUT2D eigenvalue weighted by atomic mass is 16.2. The first kappa shape index (κ1) is 20.2. The number of likely N-dealkylation sites (tertiary alicyclic amines) is 1. The molecule has 5 rings (SSSR count). The number of carbonyl (C=O) groups is 2. The zero-order valence-corrected chi connectivity index (χ0v) is 17.8. The number of rotatable bonds is 3. The average Bonchev–Trinajstić information content (AvgIpc) is 2.82. The van der Waals surface area contributed by atoms with Crippen molar-refractivity contribution in [2.24, 2.45) is 0 Å². The molecular weight excluding hydrogens is 408 g/mol. The predicted octanol–water partition coefficient (Wildman–Crippen LogP) is 1.45. The zero-order valence-electron chi connectivity index (χ0n) is 17.8. The molecule has 0 unspecified atom stereocenters. The van der Waals surface area contributed by atoms with Crippen LogP contribution in [0.3, 0.4) is 0 Å². The summed E-state index contributed by atoms with van der Waals surface area (Å²) in [5, 5.41) is 11.0. The van der Waals surface area contributed by atoms with Crippen LogP contribution in [-0.4, -0.2) is 57.2 Å². The number of H-pyrrole nitrogens is 1. The van der Waals surface area contributed by atoms with Gasteiger partial charge in [0.15, 0.2) is 0 Å². The van der Waals surface area contributed by atoms with Gasteiger partial charge in [-0.25, -0.2) is 10.1 Å². The number of hydrogen-bond acceptors (Lipinski definition) is 6. The highest BCUT2D eigenvalue weighted by molar-refractivity contribution is 6.01. The van der Waals surface area contributed by atoms with Crippen molar-refractivity contribution in [2.75, 3.05) is 24.5 Å². The van der Waals surface area contributed by atoms with Crippen molar-refractivity contribution < 1.29 is 9.59 Å².